The number of rotatable bonds is 5. The van der Waals surface area contributed by atoms with Gasteiger partial charge in [0.25, 0.3) is 0 Å². The van der Waals surface area contributed by atoms with E-state index in [-0.39, 0.29) is 23.7 Å². The zero-order valence-corrected chi connectivity index (χ0v) is 18.4. The fourth-order valence-electron chi connectivity index (χ4n) is 4.17. The lowest BCUT2D eigenvalue weighted by Gasteiger charge is -2.16. The molecule has 4 heterocycles. The molecular formula is C23H20F2N8O. The molecule has 172 valence electrons. The molecular weight excluding hydrogens is 442 g/mol. The van der Waals surface area contributed by atoms with Crippen LogP contribution in [0.15, 0.2) is 30.6 Å². The van der Waals surface area contributed by atoms with Crippen molar-refractivity contribution in [2.45, 2.75) is 26.1 Å². The molecule has 5 rings (SSSR count). The van der Waals surface area contributed by atoms with Crippen molar-refractivity contribution >= 4 is 22.5 Å². The van der Waals surface area contributed by atoms with Crippen LogP contribution in [0, 0.1) is 24.1 Å². The van der Waals surface area contributed by atoms with Crippen LogP contribution < -0.4 is 10.6 Å². The number of alkyl halides is 1. The number of nitrogens with zero attached hydrogens (tertiary/aromatic N) is 5. The SMILES string of the molecule is CC(=O)c1ccc(-n2cnc3cc(N[C@H]4CNC[C@H]4F)c(F)cc32)nc1-c1c(C#N)n[nH]c1C. The number of nitrogens with one attached hydrogen (secondary N) is 3. The highest BCUT2D eigenvalue weighted by Crippen LogP contribution is 2.30. The molecule has 4 aromatic rings. The molecule has 1 aliphatic rings. The van der Waals surface area contributed by atoms with E-state index in [2.05, 4.69) is 30.8 Å². The Hall–Kier alpha value is -4.17. The van der Waals surface area contributed by atoms with E-state index in [4.69, 9.17) is 0 Å². The summed E-state index contributed by atoms with van der Waals surface area (Å²) in [6.07, 6.45) is 0.385. The van der Waals surface area contributed by atoms with Crippen molar-refractivity contribution in [1.29, 1.82) is 5.26 Å². The smallest absolute Gasteiger partial charge is 0.171 e. The number of imidazole rings is 1. The summed E-state index contributed by atoms with van der Waals surface area (Å²) in [6.45, 7) is 3.78. The zero-order chi connectivity index (χ0) is 24.0. The van der Waals surface area contributed by atoms with Crippen LogP contribution in [0.1, 0.15) is 28.7 Å². The number of aromatic nitrogens is 5. The highest BCUT2D eigenvalue weighted by molar-refractivity contribution is 6.00. The summed E-state index contributed by atoms with van der Waals surface area (Å²) < 4.78 is 30.5. The largest absolute Gasteiger partial charge is 0.376 e. The molecule has 1 aliphatic heterocycles. The monoisotopic (exact) mass is 462 g/mol. The average Bonchev–Trinajstić information content (AvgIpc) is 3.52. The van der Waals surface area contributed by atoms with Gasteiger partial charge in [0, 0.05) is 30.4 Å². The van der Waals surface area contributed by atoms with Gasteiger partial charge in [-0.15, -0.1) is 0 Å². The second kappa shape index (κ2) is 8.31. The summed E-state index contributed by atoms with van der Waals surface area (Å²) in [5.74, 6) is -0.384. The molecule has 0 saturated carbocycles. The summed E-state index contributed by atoms with van der Waals surface area (Å²) in [4.78, 5) is 21.3. The van der Waals surface area contributed by atoms with E-state index in [9.17, 15) is 18.8 Å². The molecule has 0 aliphatic carbocycles. The molecule has 2 atom stereocenters. The van der Waals surface area contributed by atoms with Crippen LogP contribution in [0.25, 0.3) is 28.1 Å². The molecule has 1 saturated heterocycles. The average molecular weight is 462 g/mol. The van der Waals surface area contributed by atoms with Gasteiger partial charge in [-0.2, -0.15) is 10.4 Å². The third-order valence-corrected chi connectivity index (χ3v) is 5.91. The van der Waals surface area contributed by atoms with E-state index < -0.39 is 18.0 Å². The van der Waals surface area contributed by atoms with Crippen LogP contribution in [-0.2, 0) is 0 Å². The standard InChI is InChI=1S/C23H20F2N8O/c1-11-22(18(7-26)32-31-11)23-13(12(2)34)3-4-21(30-23)33-10-28-17-6-16(14(24)5-20(17)33)29-19-9-27-8-15(19)25/h3-6,10,15,19,27,29H,8-9H2,1-2H3,(H,31,32)/t15-,19+/m1/s1. The van der Waals surface area contributed by atoms with Crippen molar-refractivity contribution in [3.8, 4) is 23.1 Å². The first-order chi connectivity index (χ1) is 16.4. The van der Waals surface area contributed by atoms with E-state index in [0.717, 1.165) is 0 Å². The van der Waals surface area contributed by atoms with E-state index in [0.29, 0.717) is 45.9 Å². The van der Waals surface area contributed by atoms with Crippen molar-refractivity contribution in [1.82, 2.24) is 30.0 Å². The van der Waals surface area contributed by atoms with Gasteiger partial charge in [-0.25, -0.2) is 18.7 Å². The van der Waals surface area contributed by atoms with Gasteiger partial charge in [0.2, 0.25) is 0 Å². The quantitative estimate of drug-likeness (QED) is 0.389. The molecule has 11 heteroatoms. The van der Waals surface area contributed by atoms with Gasteiger partial charge < -0.3 is 10.6 Å². The van der Waals surface area contributed by atoms with E-state index >= 15 is 0 Å². The Balaban J connectivity index is 1.60. The maximum atomic E-state index is 14.9. The van der Waals surface area contributed by atoms with E-state index in [1.165, 1.54) is 25.4 Å². The summed E-state index contributed by atoms with van der Waals surface area (Å²) in [7, 11) is 0. The molecule has 9 nitrogen and oxygen atoms in total. The zero-order valence-electron chi connectivity index (χ0n) is 18.4. The molecule has 0 spiro atoms. The summed E-state index contributed by atoms with van der Waals surface area (Å²) in [6, 6.07) is 7.57. The van der Waals surface area contributed by atoms with E-state index in [1.807, 2.05) is 6.07 Å². The lowest BCUT2D eigenvalue weighted by Crippen LogP contribution is -2.29. The molecule has 0 radical (unpaired) electrons. The molecule has 3 aromatic heterocycles. The van der Waals surface area contributed by atoms with Crippen LogP contribution in [0.2, 0.25) is 0 Å². The second-order valence-electron chi connectivity index (χ2n) is 8.17. The number of benzene rings is 1. The van der Waals surface area contributed by atoms with Crippen molar-refractivity contribution < 1.29 is 13.6 Å². The molecule has 0 amide bonds. The van der Waals surface area contributed by atoms with Gasteiger partial charge in [0.15, 0.2) is 11.5 Å². The number of H-pyrrole nitrogens is 1. The Kier molecular flexibility index (Phi) is 5.30. The number of aromatic amines is 1. The van der Waals surface area contributed by atoms with Gasteiger partial charge in [-0.05, 0) is 32.0 Å². The molecule has 3 N–H and O–H groups in total. The van der Waals surface area contributed by atoms with Gasteiger partial charge in [0.1, 0.15) is 30.2 Å². The maximum Gasteiger partial charge on any atom is 0.171 e. The highest BCUT2D eigenvalue weighted by Gasteiger charge is 2.27. The predicted octanol–water partition coefficient (Wildman–Crippen LogP) is 3.05. The number of aryl methyl sites for hydroxylation is 1. The topological polar surface area (TPSA) is 124 Å². The fourth-order valence-corrected chi connectivity index (χ4v) is 4.17. The summed E-state index contributed by atoms with van der Waals surface area (Å²) >= 11 is 0. The van der Waals surface area contributed by atoms with Gasteiger partial charge in [-0.3, -0.25) is 14.5 Å². The number of anilines is 1. The Morgan fingerprint density at radius 3 is 2.85 bits per heavy atom. The van der Waals surface area contributed by atoms with Crippen molar-refractivity contribution in [3.05, 3.63) is 53.4 Å². The Morgan fingerprint density at radius 2 is 2.15 bits per heavy atom. The molecule has 0 bridgehead atoms. The predicted molar refractivity (Wildman–Crippen MR) is 121 cm³/mol. The molecule has 1 fully saturated rings. The van der Waals surface area contributed by atoms with Crippen molar-refractivity contribution in [3.63, 3.8) is 0 Å². The maximum absolute atomic E-state index is 14.9. The number of pyridine rings is 1. The van der Waals surface area contributed by atoms with Crippen LogP contribution in [0.3, 0.4) is 0 Å². The Morgan fingerprint density at radius 1 is 1.32 bits per heavy atom. The Bertz CT molecular complexity index is 1470. The number of carbonyl (C=O) groups is 1. The number of fused-ring (bicyclic) bond motifs is 1. The van der Waals surface area contributed by atoms with Crippen molar-refractivity contribution in [2.24, 2.45) is 0 Å². The lowest BCUT2D eigenvalue weighted by molar-refractivity contribution is 0.101. The van der Waals surface area contributed by atoms with Crippen LogP contribution in [0.5, 0.6) is 0 Å². The third-order valence-electron chi connectivity index (χ3n) is 5.91. The summed E-state index contributed by atoms with van der Waals surface area (Å²) in [5, 5.41) is 22.0. The first kappa shape index (κ1) is 21.7. The number of nitriles is 1. The lowest BCUT2D eigenvalue weighted by atomic mass is 10.0. The first-order valence-corrected chi connectivity index (χ1v) is 10.6. The fraction of sp³-hybridized carbons (Fsp3) is 0.261. The minimum absolute atomic E-state index is 0.120. The number of carbonyl (C=O) groups excluding carboxylic acids is 1. The first-order valence-electron chi connectivity index (χ1n) is 10.6. The number of hydrogen-bond donors (Lipinski definition) is 3. The normalized spacial score (nSPS) is 17.7. The highest BCUT2D eigenvalue weighted by atomic mass is 19.1. The Labute approximate surface area is 192 Å². The number of Topliss-reactive ketones (excluding diaryl/α,β-unsaturated/α-hetero) is 1. The number of halogens is 2. The second-order valence-corrected chi connectivity index (χ2v) is 8.17. The number of hydrogen-bond acceptors (Lipinski definition) is 7. The third kappa shape index (κ3) is 3.58. The summed E-state index contributed by atoms with van der Waals surface area (Å²) in [5.41, 5.74) is 2.88. The van der Waals surface area contributed by atoms with E-state index in [1.54, 1.807) is 23.6 Å². The van der Waals surface area contributed by atoms with Crippen LogP contribution in [0.4, 0.5) is 14.5 Å². The minimum atomic E-state index is -1.11. The van der Waals surface area contributed by atoms with Gasteiger partial charge in [-0.1, -0.05) is 0 Å². The molecule has 1 aromatic carbocycles. The van der Waals surface area contributed by atoms with Gasteiger partial charge in [0.05, 0.1) is 34.0 Å². The van der Waals surface area contributed by atoms with Crippen LogP contribution >= 0.6 is 0 Å². The minimum Gasteiger partial charge on any atom is -0.376 e. The number of ketones is 1. The molecule has 0 unspecified atom stereocenters. The molecule has 34 heavy (non-hydrogen) atoms. The van der Waals surface area contributed by atoms with Crippen molar-refractivity contribution in [2.75, 3.05) is 18.4 Å². The van der Waals surface area contributed by atoms with Crippen LogP contribution in [-0.4, -0.2) is 55.8 Å². The van der Waals surface area contributed by atoms with Gasteiger partial charge >= 0.3 is 0 Å².